The number of carboxylic acids is 1. The summed E-state index contributed by atoms with van der Waals surface area (Å²) in [6, 6.07) is 5.63. The number of benzene rings is 1. The van der Waals surface area contributed by atoms with Gasteiger partial charge in [0.05, 0.1) is 16.2 Å². The van der Waals surface area contributed by atoms with Crippen LogP contribution in [0.1, 0.15) is 17.3 Å². The highest BCUT2D eigenvalue weighted by Crippen LogP contribution is 2.16. The van der Waals surface area contributed by atoms with Gasteiger partial charge in [0.15, 0.2) is 16.4 Å². The van der Waals surface area contributed by atoms with Crippen LogP contribution in [0.3, 0.4) is 0 Å². The number of hydrogen-bond acceptors (Lipinski definition) is 5. The fourth-order valence-corrected chi connectivity index (χ4v) is 2.39. The number of carbonyl (C=O) groups is 2. The third-order valence-electron chi connectivity index (χ3n) is 2.21. The third kappa shape index (κ3) is 4.04. The van der Waals surface area contributed by atoms with Crippen molar-refractivity contribution in [2.24, 2.45) is 0 Å². The van der Waals surface area contributed by atoms with Gasteiger partial charge >= 0.3 is 5.97 Å². The van der Waals surface area contributed by atoms with E-state index in [1.807, 2.05) is 5.48 Å². The van der Waals surface area contributed by atoms with Crippen LogP contribution in [0.15, 0.2) is 29.2 Å². The molecule has 0 heterocycles. The van der Waals surface area contributed by atoms with Crippen molar-refractivity contribution in [1.82, 2.24) is 5.48 Å². The Morgan fingerprint density at radius 1 is 1.32 bits per heavy atom. The molecule has 19 heavy (non-hydrogen) atoms. The summed E-state index contributed by atoms with van der Waals surface area (Å²) in [6.07, 6.45) is 0. The molecular formula is C11H13NO6S. The average Bonchev–Trinajstić information content (AvgIpc) is 2.38. The lowest BCUT2D eigenvalue weighted by atomic mass is 10.2. The first kappa shape index (κ1) is 15.1. The van der Waals surface area contributed by atoms with Crippen molar-refractivity contribution in [3.05, 3.63) is 29.8 Å². The molecule has 7 nitrogen and oxygen atoms in total. The van der Waals surface area contributed by atoms with E-state index in [1.165, 1.54) is 31.2 Å². The van der Waals surface area contributed by atoms with Gasteiger partial charge in [0.25, 0.3) is 5.91 Å². The number of carboxylic acid groups (broad SMARTS) is 1. The summed E-state index contributed by atoms with van der Waals surface area (Å²) < 4.78 is 23.6. The molecule has 2 N–H and O–H groups in total. The number of carbonyl (C=O) groups excluding carboxylic acids is 1. The zero-order valence-corrected chi connectivity index (χ0v) is 10.9. The molecule has 0 aromatic heterocycles. The minimum absolute atomic E-state index is 0.0882. The molecule has 1 aromatic rings. The molecule has 0 aliphatic rings. The molecule has 1 amide bonds. The van der Waals surface area contributed by atoms with E-state index in [0.29, 0.717) is 0 Å². The second-order valence-electron chi connectivity index (χ2n) is 3.51. The van der Waals surface area contributed by atoms with Crippen LogP contribution in [0.25, 0.3) is 0 Å². The molecule has 8 heteroatoms. The van der Waals surface area contributed by atoms with Gasteiger partial charge in [0, 0.05) is 0 Å². The molecule has 0 unspecified atom stereocenters. The van der Waals surface area contributed by atoms with Crippen LogP contribution in [0.4, 0.5) is 0 Å². The van der Waals surface area contributed by atoms with Gasteiger partial charge in [-0.1, -0.05) is 19.1 Å². The maximum Gasteiger partial charge on any atom is 0.332 e. The number of nitrogens with one attached hydrogen (secondary N) is 1. The quantitative estimate of drug-likeness (QED) is 0.725. The van der Waals surface area contributed by atoms with Crippen LogP contribution in [0, 0.1) is 0 Å². The molecule has 104 valence electrons. The highest BCUT2D eigenvalue weighted by atomic mass is 32.2. The molecule has 0 aliphatic heterocycles. The zero-order valence-electron chi connectivity index (χ0n) is 10.1. The van der Waals surface area contributed by atoms with E-state index in [2.05, 4.69) is 4.84 Å². The van der Waals surface area contributed by atoms with Gasteiger partial charge in [0.1, 0.15) is 0 Å². The topological polar surface area (TPSA) is 110 Å². The maximum atomic E-state index is 11.8. The first-order valence-electron chi connectivity index (χ1n) is 5.34. The van der Waals surface area contributed by atoms with Crippen molar-refractivity contribution in [3.63, 3.8) is 0 Å². The molecule has 0 saturated carbocycles. The van der Waals surface area contributed by atoms with Crippen molar-refractivity contribution < 1.29 is 28.0 Å². The van der Waals surface area contributed by atoms with E-state index in [9.17, 15) is 18.0 Å². The second kappa shape index (κ2) is 6.30. The van der Waals surface area contributed by atoms with E-state index in [1.54, 1.807) is 0 Å². The fraction of sp³-hybridized carbons (Fsp3) is 0.273. The number of aliphatic carboxylic acids is 1. The normalized spacial score (nSPS) is 11.0. The lowest BCUT2D eigenvalue weighted by molar-refractivity contribution is -0.144. The Hall–Kier alpha value is -1.93. The summed E-state index contributed by atoms with van der Waals surface area (Å²) in [7, 11) is -3.55. The molecule has 1 rings (SSSR count). The molecule has 0 bridgehead atoms. The monoisotopic (exact) mass is 287 g/mol. The highest BCUT2D eigenvalue weighted by Gasteiger charge is 2.20. The van der Waals surface area contributed by atoms with Gasteiger partial charge in [-0.15, -0.1) is 0 Å². The van der Waals surface area contributed by atoms with E-state index >= 15 is 0 Å². The molecule has 0 saturated heterocycles. The smallest absolute Gasteiger partial charge is 0.332 e. The van der Waals surface area contributed by atoms with Crippen LogP contribution in [0.2, 0.25) is 0 Å². The molecular weight excluding hydrogens is 274 g/mol. The average molecular weight is 287 g/mol. The van der Waals surface area contributed by atoms with Crippen LogP contribution in [0.5, 0.6) is 0 Å². The Bertz CT molecular complexity index is 581. The van der Waals surface area contributed by atoms with Gasteiger partial charge in [-0.25, -0.2) is 18.7 Å². The third-order valence-corrected chi connectivity index (χ3v) is 3.99. The minimum Gasteiger partial charge on any atom is -0.479 e. The number of hydrogen-bond donors (Lipinski definition) is 2. The van der Waals surface area contributed by atoms with E-state index in [-0.39, 0.29) is 16.2 Å². The molecule has 0 fully saturated rings. The number of rotatable bonds is 6. The standard InChI is InChI=1S/C11H13NO6S/c1-2-19(16,17)9-6-4-3-5-8(9)11(15)12-18-7-10(13)14/h3-6H,2,7H2,1H3,(H,12,15)(H,13,14). The van der Waals surface area contributed by atoms with E-state index in [4.69, 9.17) is 5.11 Å². The summed E-state index contributed by atoms with van der Waals surface area (Å²) >= 11 is 0. The summed E-state index contributed by atoms with van der Waals surface area (Å²) in [5.41, 5.74) is 1.79. The predicted octanol–water partition coefficient (Wildman–Crippen LogP) is 0.226. The number of hydroxylamine groups is 1. The number of sulfone groups is 1. The van der Waals surface area contributed by atoms with Gasteiger partial charge in [0.2, 0.25) is 0 Å². The zero-order chi connectivity index (χ0) is 14.5. The van der Waals surface area contributed by atoms with Crippen molar-refractivity contribution >= 4 is 21.7 Å². The summed E-state index contributed by atoms with van der Waals surface area (Å²) in [5, 5.41) is 8.35. The lowest BCUT2D eigenvalue weighted by Gasteiger charge is -2.09. The first-order valence-corrected chi connectivity index (χ1v) is 6.99. The molecule has 0 radical (unpaired) electrons. The Balaban J connectivity index is 2.95. The first-order chi connectivity index (χ1) is 8.88. The molecule has 0 spiro atoms. The van der Waals surface area contributed by atoms with Gasteiger partial charge in [-0.05, 0) is 12.1 Å². The van der Waals surface area contributed by atoms with Crippen molar-refractivity contribution in [2.75, 3.05) is 12.4 Å². The van der Waals surface area contributed by atoms with Crippen LogP contribution < -0.4 is 5.48 Å². The Kier molecular flexibility index (Phi) is 5.02. The fourth-order valence-electron chi connectivity index (χ4n) is 1.30. The van der Waals surface area contributed by atoms with Crippen LogP contribution in [-0.4, -0.2) is 37.8 Å². The predicted molar refractivity (Wildman–Crippen MR) is 65.2 cm³/mol. The van der Waals surface area contributed by atoms with Crippen molar-refractivity contribution in [3.8, 4) is 0 Å². The van der Waals surface area contributed by atoms with Crippen LogP contribution >= 0.6 is 0 Å². The molecule has 1 aromatic carbocycles. The minimum atomic E-state index is -3.55. The second-order valence-corrected chi connectivity index (χ2v) is 5.76. The molecule has 0 atom stereocenters. The summed E-state index contributed by atoms with van der Waals surface area (Å²) in [6.45, 7) is 0.749. The lowest BCUT2D eigenvalue weighted by Crippen LogP contribution is -2.28. The van der Waals surface area contributed by atoms with E-state index in [0.717, 1.165) is 0 Å². The summed E-state index contributed by atoms with van der Waals surface area (Å²) in [5.74, 6) is -2.21. The highest BCUT2D eigenvalue weighted by molar-refractivity contribution is 7.91. The van der Waals surface area contributed by atoms with Crippen molar-refractivity contribution in [2.45, 2.75) is 11.8 Å². The largest absolute Gasteiger partial charge is 0.479 e. The van der Waals surface area contributed by atoms with Gasteiger partial charge in [-0.2, -0.15) is 0 Å². The number of amides is 1. The summed E-state index contributed by atoms with van der Waals surface area (Å²) in [4.78, 5) is 26.2. The molecule has 0 aliphatic carbocycles. The Morgan fingerprint density at radius 3 is 2.53 bits per heavy atom. The Morgan fingerprint density at radius 2 is 1.95 bits per heavy atom. The van der Waals surface area contributed by atoms with Crippen molar-refractivity contribution in [1.29, 1.82) is 0 Å². The SMILES string of the molecule is CCS(=O)(=O)c1ccccc1C(=O)NOCC(=O)O. The van der Waals surface area contributed by atoms with Gasteiger partial charge in [-0.3, -0.25) is 9.63 Å². The van der Waals surface area contributed by atoms with Gasteiger partial charge < -0.3 is 5.11 Å². The Labute approximate surface area is 110 Å². The van der Waals surface area contributed by atoms with Crippen LogP contribution in [-0.2, 0) is 19.5 Å². The maximum absolute atomic E-state index is 11.8. The van der Waals surface area contributed by atoms with E-state index < -0.39 is 28.3 Å².